The zero-order valence-corrected chi connectivity index (χ0v) is 17.1. The molecule has 3 atom stereocenters. The Labute approximate surface area is 171 Å². The number of nitrogens with one attached hydrogen (secondary N) is 2. The number of piperidine rings is 1. The summed E-state index contributed by atoms with van der Waals surface area (Å²) in [5, 5.41) is 14.6. The number of urea groups is 1. The highest BCUT2D eigenvalue weighted by molar-refractivity contribution is 5.89. The molecular weight excluding hydrogens is 370 g/mol. The fraction of sp³-hybridized carbons (Fsp3) is 0.619. The highest BCUT2D eigenvalue weighted by Gasteiger charge is 2.39. The van der Waals surface area contributed by atoms with Crippen molar-refractivity contribution in [2.45, 2.75) is 58.0 Å². The first kappa shape index (κ1) is 20.9. The first-order chi connectivity index (χ1) is 13.9. The Morgan fingerprint density at radius 2 is 2.10 bits per heavy atom. The fourth-order valence-corrected chi connectivity index (χ4v) is 4.45. The van der Waals surface area contributed by atoms with E-state index < -0.39 is 6.04 Å². The first-order valence-electron chi connectivity index (χ1n) is 10.3. The molecule has 1 aliphatic carbocycles. The van der Waals surface area contributed by atoms with E-state index in [1.165, 1.54) is 17.4 Å². The van der Waals surface area contributed by atoms with Crippen LogP contribution >= 0.6 is 0 Å². The quantitative estimate of drug-likeness (QED) is 0.701. The van der Waals surface area contributed by atoms with E-state index >= 15 is 0 Å². The Balaban J connectivity index is 1.57. The lowest BCUT2D eigenvalue weighted by molar-refractivity contribution is -0.129. The van der Waals surface area contributed by atoms with E-state index in [-0.39, 0.29) is 30.4 Å². The minimum absolute atomic E-state index is 0.0430. The van der Waals surface area contributed by atoms with Crippen LogP contribution in [0, 0.1) is 17.2 Å². The van der Waals surface area contributed by atoms with Crippen molar-refractivity contribution in [2.24, 2.45) is 5.92 Å². The molecule has 0 radical (unpaired) electrons. The molecular formula is C21H29N5O3. The van der Waals surface area contributed by atoms with Gasteiger partial charge in [-0.05, 0) is 51.0 Å². The van der Waals surface area contributed by atoms with Gasteiger partial charge in [0.1, 0.15) is 12.6 Å². The first-order valence-corrected chi connectivity index (χ1v) is 10.3. The molecule has 3 aliphatic rings. The van der Waals surface area contributed by atoms with E-state index in [2.05, 4.69) is 16.7 Å². The zero-order chi connectivity index (χ0) is 21.0. The largest absolute Gasteiger partial charge is 0.330 e. The van der Waals surface area contributed by atoms with Crippen molar-refractivity contribution < 1.29 is 14.4 Å². The molecule has 2 fully saturated rings. The third-order valence-electron chi connectivity index (χ3n) is 5.98. The molecule has 3 rings (SSSR count). The summed E-state index contributed by atoms with van der Waals surface area (Å²) in [4.78, 5) is 39.7. The second-order valence-electron chi connectivity index (χ2n) is 8.11. The molecule has 0 aromatic rings. The fourth-order valence-electron chi connectivity index (χ4n) is 4.45. The van der Waals surface area contributed by atoms with Crippen molar-refractivity contribution >= 4 is 17.8 Å². The maximum Gasteiger partial charge on any atom is 0.318 e. The number of amides is 4. The number of carbonyl (C=O) groups is 3. The van der Waals surface area contributed by atoms with Gasteiger partial charge in [0.05, 0.1) is 6.07 Å². The Morgan fingerprint density at radius 1 is 1.31 bits per heavy atom. The smallest absolute Gasteiger partial charge is 0.318 e. The second-order valence-corrected chi connectivity index (χ2v) is 8.11. The molecule has 4 amide bonds. The topological polar surface area (TPSA) is 106 Å². The molecule has 2 aliphatic heterocycles. The number of allylic oxidation sites excluding steroid dienone is 3. The van der Waals surface area contributed by atoms with Crippen LogP contribution in [-0.2, 0) is 9.59 Å². The van der Waals surface area contributed by atoms with Gasteiger partial charge >= 0.3 is 6.03 Å². The number of carbonyl (C=O) groups excluding carboxylic acids is 3. The molecule has 8 nitrogen and oxygen atoms in total. The minimum Gasteiger partial charge on any atom is -0.330 e. The molecule has 8 heteroatoms. The van der Waals surface area contributed by atoms with Crippen LogP contribution in [0.3, 0.4) is 0 Å². The molecule has 2 N–H and O–H groups in total. The lowest BCUT2D eigenvalue weighted by Gasteiger charge is -2.35. The van der Waals surface area contributed by atoms with Gasteiger partial charge in [-0.25, -0.2) is 4.79 Å². The molecule has 0 aromatic carbocycles. The van der Waals surface area contributed by atoms with Crippen molar-refractivity contribution in [2.75, 3.05) is 19.6 Å². The van der Waals surface area contributed by atoms with Crippen LogP contribution in [-0.4, -0.2) is 59.4 Å². The molecule has 156 valence electrons. The predicted octanol–water partition coefficient (Wildman–Crippen LogP) is 1.66. The van der Waals surface area contributed by atoms with E-state index in [0.717, 1.165) is 31.4 Å². The number of nitrogens with zero attached hydrogens (tertiary/aromatic N) is 3. The number of likely N-dealkylation sites (tertiary alicyclic amines) is 2. The molecule has 2 unspecified atom stereocenters. The van der Waals surface area contributed by atoms with Gasteiger partial charge in [-0.2, -0.15) is 5.26 Å². The Kier molecular flexibility index (Phi) is 6.57. The van der Waals surface area contributed by atoms with Crippen molar-refractivity contribution in [1.29, 1.82) is 5.26 Å². The van der Waals surface area contributed by atoms with Crippen molar-refractivity contribution in [1.82, 2.24) is 20.4 Å². The monoisotopic (exact) mass is 399 g/mol. The van der Waals surface area contributed by atoms with E-state index in [0.29, 0.717) is 25.4 Å². The van der Waals surface area contributed by atoms with Gasteiger partial charge < -0.3 is 20.4 Å². The van der Waals surface area contributed by atoms with Gasteiger partial charge in [-0.1, -0.05) is 11.6 Å². The standard InChI is InChI=1S/C21H29N5O3/c1-14-12-19(20(28)26(14)11-9-22)24-21(29)25-10-3-4-17(13-25)16-5-7-18(8-6-16)23-15(2)27/h5,7,14,17,19H,3-4,6,8,10-13H2,1-2H3,(H,23,27)(H,24,29)/t14?,17-,19?/m0/s1. The summed E-state index contributed by atoms with van der Waals surface area (Å²) in [5.74, 6) is 0.0715. The molecule has 2 saturated heterocycles. The molecule has 0 spiro atoms. The van der Waals surface area contributed by atoms with Crippen molar-refractivity contribution in [3.05, 3.63) is 23.4 Å². The third-order valence-corrected chi connectivity index (χ3v) is 5.98. The molecule has 0 aromatic heterocycles. The lowest BCUT2D eigenvalue weighted by atomic mass is 9.85. The van der Waals surface area contributed by atoms with Crippen LogP contribution in [0.25, 0.3) is 0 Å². The summed E-state index contributed by atoms with van der Waals surface area (Å²) in [7, 11) is 0. The van der Waals surface area contributed by atoms with Gasteiger partial charge in [0.2, 0.25) is 11.8 Å². The SMILES string of the molecule is CC(=O)NC1=CC=C([C@H]2CCCN(C(=O)NC3CC(C)N(CC#N)C3=O)C2)CC1. The highest BCUT2D eigenvalue weighted by Crippen LogP contribution is 2.30. The van der Waals surface area contributed by atoms with Crippen LogP contribution in [0.15, 0.2) is 23.4 Å². The van der Waals surface area contributed by atoms with Crippen molar-refractivity contribution in [3.8, 4) is 6.07 Å². The van der Waals surface area contributed by atoms with Crippen LogP contribution in [0.1, 0.15) is 46.0 Å². The highest BCUT2D eigenvalue weighted by atomic mass is 16.2. The average Bonchev–Trinajstić information content (AvgIpc) is 2.96. The van der Waals surface area contributed by atoms with Crippen LogP contribution in [0.2, 0.25) is 0 Å². The maximum atomic E-state index is 12.8. The van der Waals surface area contributed by atoms with Gasteiger partial charge in [-0.15, -0.1) is 0 Å². The van der Waals surface area contributed by atoms with E-state index in [1.54, 1.807) is 4.90 Å². The molecule has 2 heterocycles. The summed E-state index contributed by atoms with van der Waals surface area (Å²) < 4.78 is 0. The summed E-state index contributed by atoms with van der Waals surface area (Å²) in [6.45, 7) is 4.78. The Hall–Kier alpha value is -2.82. The summed E-state index contributed by atoms with van der Waals surface area (Å²) in [5.41, 5.74) is 2.24. The molecule has 0 bridgehead atoms. The Bertz CT molecular complexity index is 782. The third kappa shape index (κ3) is 4.97. The van der Waals surface area contributed by atoms with Crippen molar-refractivity contribution in [3.63, 3.8) is 0 Å². The number of hydrogen-bond acceptors (Lipinski definition) is 4. The number of hydrogen-bond donors (Lipinski definition) is 2. The minimum atomic E-state index is -0.553. The predicted molar refractivity (Wildman–Crippen MR) is 107 cm³/mol. The Morgan fingerprint density at radius 3 is 2.76 bits per heavy atom. The van der Waals surface area contributed by atoms with E-state index in [9.17, 15) is 14.4 Å². The summed E-state index contributed by atoms with van der Waals surface area (Å²) in [6.07, 6.45) is 8.21. The number of nitriles is 1. The average molecular weight is 399 g/mol. The van der Waals surface area contributed by atoms with Gasteiger partial charge in [-0.3, -0.25) is 9.59 Å². The van der Waals surface area contributed by atoms with Crippen LogP contribution < -0.4 is 10.6 Å². The zero-order valence-electron chi connectivity index (χ0n) is 17.1. The van der Waals surface area contributed by atoms with Gasteiger partial charge in [0.15, 0.2) is 0 Å². The maximum absolute atomic E-state index is 12.8. The van der Waals surface area contributed by atoms with Crippen LogP contribution in [0.5, 0.6) is 0 Å². The normalized spacial score (nSPS) is 27.1. The van der Waals surface area contributed by atoms with Crippen LogP contribution in [0.4, 0.5) is 4.79 Å². The van der Waals surface area contributed by atoms with Gasteiger partial charge in [0, 0.05) is 31.8 Å². The summed E-state index contributed by atoms with van der Waals surface area (Å²) >= 11 is 0. The summed E-state index contributed by atoms with van der Waals surface area (Å²) in [6, 6.07) is 1.21. The number of rotatable bonds is 4. The van der Waals surface area contributed by atoms with E-state index in [1.807, 2.05) is 19.1 Å². The molecule has 29 heavy (non-hydrogen) atoms. The second kappa shape index (κ2) is 9.12. The van der Waals surface area contributed by atoms with E-state index in [4.69, 9.17) is 5.26 Å². The lowest BCUT2D eigenvalue weighted by Crippen LogP contribution is -2.51. The van der Waals surface area contributed by atoms with Gasteiger partial charge in [0.25, 0.3) is 0 Å². The molecule has 0 saturated carbocycles.